The molecule has 1 aromatic rings. The van der Waals surface area contributed by atoms with E-state index in [0.717, 1.165) is 0 Å². The van der Waals surface area contributed by atoms with E-state index in [9.17, 15) is 26.3 Å². The molecule has 0 aliphatic heterocycles. The van der Waals surface area contributed by atoms with Crippen LogP contribution in [0.25, 0.3) is 0 Å². The molecule has 0 saturated carbocycles. The number of ether oxygens (including phenoxy) is 1. The second kappa shape index (κ2) is 4.69. The van der Waals surface area contributed by atoms with E-state index in [2.05, 4.69) is 4.74 Å². The van der Waals surface area contributed by atoms with Gasteiger partial charge in [-0.15, -0.1) is 13.2 Å². The zero-order valence-electron chi connectivity index (χ0n) is 8.38. The molecule has 0 radical (unpaired) electrons. The summed E-state index contributed by atoms with van der Waals surface area (Å²) in [5, 5.41) is 17.5. The first-order chi connectivity index (χ1) is 8.02. The minimum atomic E-state index is -5.24. The Hall–Kier alpha value is -1.42. The summed E-state index contributed by atoms with van der Waals surface area (Å²) in [6.45, 7) is 0. The van der Waals surface area contributed by atoms with Gasteiger partial charge in [0, 0.05) is 5.46 Å². The molecule has 3 nitrogen and oxygen atoms in total. The Kier molecular flexibility index (Phi) is 3.82. The maximum Gasteiger partial charge on any atom is 0.573 e. The number of benzene rings is 1. The molecule has 0 aromatic heterocycles. The quantitative estimate of drug-likeness (QED) is 0.631. The first-order valence-electron chi connectivity index (χ1n) is 4.34. The number of halogens is 6. The van der Waals surface area contributed by atoms with Gasteiger partial charge in [-0.2, -0.15) is 13.2 Å². The lowest BCUT2D eigenvalue weighted by Gasteiger charge is -2.17. The molecule has 10 heteroatoms. The molecule has 0 fully saturated rings. The summed E-state index contributed by atoms with van der Waals surface area (Å²) in [6, 6.07) is 1.63. The van der Waals surface area contributed by atoms with E-state index in [1.807, 2.05) is 0 Å². The molecule has 1 aromatic carbocycles. The van der Waals surface area contributed by atoms with Gasteiger partial charge in [-0.1, -0.05) is 12.1 Å². The van der Waals surface area contributed by atoms with E-state index < -0.39 is 36.4 Å². The van der Waals surface area contributed by atoms with Crippen molar-refractivity contribution < 1.29 is 41.1 Å². The molecule has 0 amide bonds. The molecular weight excluding hydrogens is 269 g/mol. The van der Waals surface area contributed by atoms with Gasteiger partial charge in [0.1, 0.15) is 5.75 Å². The van der Waals surface area contributed by atoms with Crippen molar-refractivity contribution in [3.05, 3.63) is 23.8 Å². The third-order valence-corrected chi connectivity index (χ3v) is 1.86. The number of rotatable bonds is 2. The maximum absolute atomic E-state index is 12.5. The van der Waals surface area contributed by atoms with E-state index in [-0.39, 0.29) is 0 Å². The average molecular weight is 274 g/mol. The summed E-state index contributed by atoms with van der Waals surface area (Å²) in [5.41, 5.74) is -3.00. The molecule has 0 spiro atoms. The number of hydrogen-bond donors (Lipinski definition) is 2. The summed E-state index contributed by atoms with van der Waals surface area (Å²) < 4.78 is 76.5. The fraction of sp³-hybridized carbons (Fsp3) is 0.250. The molecule has 1 rings (SSSR count). The fourth-order valence-corrected chi connectivity index (χ4v) is 1.27. The lowest BCUT2D eigenvalue weighted by atomic mass is 9.76. The summed E-state index contributed by atoms with van der Waals surface area (Å²) in [4.78, 5) is 0. The third-order valence-electron chi connectivity index (χ3n) is 1.86. The molecule has 0 saturated heterocycles. The Labute approximate surface area is 96.7 Å². The molecule has 0 aliphatic rings. The lowest BCUT2D eigenvalue weighted by molar-refractivity contribution is -0.274. The molecule has 100 valence electrons. The van der Waals surface area contributed by atoms with Crippen molar-refractivity contribution in [1.82, 2.24) is 0 Å². The summed E-state index contributed by atoms with van der Waals surface area (Å²) in [5.74, 6) is -1.31. The Morgan fingerprint density at radius 2 is 1.56 bits per heavy atom. The predicted octanol–water partition coefficient (Wildman–Crippen LogP) is 1.28. The lowest BCUT2D eigenvalue weighted by Crippen LogP contribution is -2.38. The average Bonchev–Trinajstić information content (AvgIpc) is 2.12. The van der Waals surface area contributed by atoms with Crippen LogP contribution in [0.3, 0.4) is 0 Å². The Morgan fingerprint density at radius 1 is 1.00 bits per heavy atom. The highest BCUT2D eigenvalue weighted by Gasteiger charge is 2.40. The van der Waals surface area contributed by atoms with Crippen molar-refractivity contribution in [3.8, 4) is 5.75 Å². The molecule has 0 unspecified atom stereocenters. The van der Waals surface area contributed by atoms with Crippen LogP contribution in [0.5, 0.6) is 5.75 Å². The van der Waals surface area contributed by atoms with Crippen molar-refractivity contribution in [2.75, 3.05) is 0 Å². The first-order valence-corrected chi connectivity index (χ1v) is 4.34. The van der Waals surface area contributed by atoms with Gasteiger partial charge in [-0.3, -0.25) is 0 Å². The SMILES string of the molecule is OB(O)c1c(OC(F)(F)F)cccc1C(F)(F)F. The van der Waals surface area contributed by atoms with Crippen molar-refractivity contribution in [3.63, 3.8) is 0 Å². The van der Waals surface area contributed by atoms with E-state index >= 15 is 0 Å². The van der Waals surface area contributed by atoms with Crippen LogP contribution in [-0.4, -0.2) is 23.5 Å². The van der Waals surface area contributed by atoms with Crippen LogP contribution in [0.15, 0.2) is 18.2 Å². The predicted molar refractivity (Wildman–Crippen MR) is 48.0 cm³/mol. The Morgan fingerprint density at radius 3 is 1.94 bits per heavy atom. The molecule has 0 aliphatic carbocycles. The molecular formula is C8H5BF6O3. The van der Waals surface area contributed by atoms with Gasteiger partial charge in [0.15, 0.2) is 0 Å². The van der Waals surface area contributed by atoms with E-state index in [0.29, 0.717) is 18.2 Å². The van der Waals surface area contributed by atoms with Gasteiger partial charge in [-0.05, 0) is 6.07 Å². The zero-order valence-corrected chi connectivity index (χ0v) is 8.38. The minimum absolute atomic E-state index is 0.415. The van der Waals surface area contributed by atoms with E-state index in [4.69, 9.17) is 10.0 Å². The first kappa shape index (κ1) is 14.6. The van der Waals surface area contributed by atoms with Crippen molar-refractivity contribution in [2.45, 2.75) is 12.5 Å². The smallest absolute Gasteiger partial charge is 0.423 e. The Bertz CT molecular complexity index is 428. The van der Waals surface area contributed by atoms with Crippen molar-refractivity contribution in [2.24, 2.45) is 0 Å². The normalized spacial score (nSPS) is 12.4. The molecule has 18 heavy (non-hydrogen) atoms. The third kappa shape index (κ3) is 3.54. The van der Waals surface area contributed by atoms with Crippen LogP contribution >= 0.6 is 0 Å². The molecule has 0 heterocycles. The van der Waals surface area contributed by atoms with Gasteiger partial charge < -0.3 is 14.8 Å². The monoisotopic (exact) mass is 274 g/mol. The minimum Gasteiger partial charge on any atom is -0.423 e. The van der Waals surface area contributed by atoms with E-state index in [1.54, 1.807) is 0 Å². The standard InChI is InChI=1S/C8H5BF6O3/c10-7(11,12)4-2-1-3-5(6(4)9(16)17)18-8(13,14)15/h1-3,16-17H. The second-order valence-electron chi connectivity index (χ2n) is 3.14. The van der Waals surface area contributed by atoms with Gasteiger partial charge >= 0.3 is 19.7 Å². The van der Waals surface area contributed by atoms with Crippen LogP contribution in [0.4, 0.5) is 26.3 Å². The highest BCUT2D eigenvalue weighted by Crippen LogP contribution is 2.31. The largest absolute Gasteiger partial charge is 0.573 e. The van der Waals surface area contributed by atoms with Crippen LogP contribution in [0.2, 0.25) is 0 Å². The van der Waals surface area contributed by atoms with Crippen LogP contribution < -0.4 is 10.2 Å². The summed E-state index contributed by atoms with van der Waals surface area (Å²) in [7, 11) is -2.75. The van der Waals surface area contributed by atoms with Crippen LogP contribution in [0, 0.1) is 0 Å². The van der Waals surface area contributed by atoms with Crippen LogP contribution in [0.1, 0.15) is 5.56 Å². The number of alkyl halides is 6. The highest BCUT2D eigenvalue weighted by molar-refractivity contribution is 6.60. The Balaban J connectivity index is 3.36. The number of hydrogen-bond acceptors (Lipinski definition) is 3. The van der Waals surface area contributed by atoms with Gasteiger partial charge in [-0.25, -0.2) is 0 Å². The second-order valence-corrected chi connectivity index (χ2v) is 3.14. The fourth-order valence-electron chi connectivity index (χ4n) is 1.27. The van der Waals surface area contributed by atoms with Gasteiger partial charge in [0.2, 0.25) is 0 Å². The molecule has 0 bridgehead atoms. The van der Waals surface area contributed by atoms with Crippen molar-refractivity contribution >= 4 is 12.6 Å². The highest BCUT2D eigenvalue weighted by atomic mass is 19.4. The van der Waals surface area contributed by atoms with Crippen molar-refractivity contribution in [1.29, 1.82) is 0 Å². The summed E-state index contributed by atoms with van der Waals surface area (Å²) in [6.07, 6.45) is -10.3. The zero-order chi connectivity index (χ0) is 14.1. The molecule has 2 N–H and O–H groups in total. The maximum atomic E-state index is 12.5. The summed E-state index contributed by atoms with van der Waals surface area (Å²) >= 11 is 0. The molecule has 0 atom stereocenters. The van der Waals surface area contributed by atoms with E-state index in [1.165, 1.54) is 0 Å². The van der Waals surface area contributed by atoms with Crippen LogP contribution in [-0.2, 0) is 6.18 Å². The topological polar surface area (TPSA) is 49.7 Å². The van der Waals surface area contributed by atoms with Gasteiger partial charge in [0.05, 0.1) is 5.56 Å². The van der Waals surface area contributed by atoms with Gasteiger partial charge in [0.25, 0.3) is 0 Å².